The van der Waals surface area contributed by atoms with Crippen molar-refractivity contribution in [3.63, 3.8) is 0 Å². The van der Waals surface area contributed by atoms with Crippen LogP contribution in [0, 0.1) is 35.5 Å². The standard InChI is InChI=1S/C16H14O/c17-15-11-6-4-2-1-3-5-8-12-16-13-9-7-10-14-16/h7,9-10,13-14,17H,4,6,11,15H2. The molecule has 0 spiro atoms. The highest BCUT2D eigenvalue weighted by atomic mass is 16.2. The zero-order chi connectivity index (χ0) is 12.2. The Morgan fingerprint density at radius 1 is 0.882 bits per heavy atom. The summed E-state index contributed by atoms with van der Waals surface area (Å²) in [6.45, 7) is 0.232. The molecule has 0 saturated carbocycles. The van der Waals surface area contributed by atoms with E-state index in [2.05, 4.69) is 35.5 Å². The first-order chi connectivity index (χ1) is 8.43. The smallest absolute Gasteiger partial charge is 0.0431 e. The van der Waals surface area contributed by atoms with Crippen molar-refractivity contribution in [2.75, 3.05) is 6.61 Å². The molecule has 0 heterocycles. The summed E-state index contributed by atoms with van der Waals surface area (Å²) in [4.78, 5) is 0. The van der Waals surface area contributed by atoms with Crippen LogP contribution in [-0.4, -0.2) is 11.7 Å². The van der Waals surface area contributed by atoms with Gasteiger partial charge < -0.3 is 5.11 Å². The Balaban J connectivity index is 2.34. The maximum absolute atomic E-state index is 8.55. The monoisotopic (exact) mass is 222 g/mol. The predicted molar refractivity (Wildman–Crippen MR) is 69.8 cm³/mol. The molecule has 1 heteroatoms. The van der Waals surface area contributed by atoms with E-state index in [-0.39, 0.29) is 6.61 Å². The molecule has 17 heavy (non-hydrogen) atoms. The van der Waals surface area contributed by atoms with E-state index >= 15 is 0 Å². The number of hydrogen-bond acceptors (Lipinski definition) is 1. The van der Waals surface area contributed by atoms with Crippen LogP contribution in [0.3, 0.4) is 0 Å². The maximum Gasteiger partial charge on any atom is 0.0431 e. The number of unbranched alkanes of at least 4 members (excludes halogenated alkanes) is 2. The zero-order valence-corrected chi connectivity index (χ0v) is 9.66. The molecule has 1 aromatic carbocycles. The van der Waals surface area contributed by atoms with E-state index < -0.39 is 0 Å². The van der Waals surface area contributed by atoms with Crippen LogP contribution in [0.2, 0.25) is 0 Å². The van der Waals surface area contributed by atoms with Crippen molar-refractivity contribution in [3.8, 4) is 35.5 Å². The summed E-state index contributed by atoms with van der Waals surface area (Å²) in [7, 11) is 0. The van der Waals surface area contributed by atoms with Crippen LogP contribution in [0.5, 0.6) is 0 Å². The number of hydrogen-bond donors (Lipinski definition) is 1. The molecule has 1 nitrogen and oxygen atoms in total. The van der Waals surface area contributed by atoms with Crippen molar-refractivity contribution in [2.45, 2.75) is 19.3 Å². The molecule has 0 amide bonds. The molecule has 1 rings (SSSR count). The third kappa shape index (κ3) is 6.86. The maximum atomic E-state index is 8.55. The van der Waals surface area contributed by atoms with Crippen molar-refractivity contribution in [1.82, 2.24) is 0 Å². The summed E-state index contributed by atoms with van der Waals surface area (Å²) in [5.74, 6) is 16.7. The van der Waals surface area contributed by atoms with Crippen LogP contribution >= 0.6 is 0 Å². The van der Waals surface area contributed by atoms with Crippen molar-refractivity contribution in [2.24, 2.45) is 0 Å². The summed E-state index contributed by atoms with van der Waals surface area (Å²) in [5.41, 5.74) is 0.956. The van der Waals surface area contributed by atoms with Gasteiger partial charge >= 0.3 is 0 Å². The van der Waals surface area contributed by atoms with E-state index in [9.17, 15) is 0 Å². The first kappa shape index (κ1) is 12.9. The van der Waals surface area contributed by atoms with Gasteiger partial charge in [0.1, 0.15) is 0 Å². The van der Waals surface area contributed by atoms with E-state index in [0.717, 1.165) is 24.8 Å². The van der Waals surface area contributed by atoms with Gasteiger partial charge in [0.2, 0.25) is 0 Å². The normalized spacial score (nSPS) is 7.82. The quantitative estimate of drug-likeness (QED) is 0.614. The summed E-state index contributed by atoms with van der Waals surface area (Å²) >= 11 is 0. The Bertz CT molecular complexity index is 495. The molecule has 0 aliphatic heterocycles. The summed E-state index contributed by atoms with van der Waals surface area (Å²) in [6, 6.07) is 9.72. The Hall–Kier alpha value is -2.14. The van der Waals surface area contributed by atoms with E-state index in [0.29, 0.717) is 0 Å². The average molecular weight is 222 g/mol. The van der Waals surface area contributed by atoms with Crippen molar-refractivity contribution in [3.05, 3.63) is 35.9 Å². The first-order valence-electron chi connectivity index (χ1n) is 5.58. The van der Waals surface area contributed by atoms with Gasteiger partial charge in [0.05, 0.1) is 0 Å². The Morgan fingerprint density at radius 2 is 1.65 bits per heavy atom. The number of aliphatic hydroxyl groups excluding tert-OH is 1. The minimum absolute atomic E-state index is 0.232. The highest BCUT2D eigenvalue weighted by Crippen LogP contribution is 1.94. The molecule has 84 valence electrons. The summed E-state index contributed by atoms with van der Waals surface area (Å²) in [5, 5.41) is 8.55. The molecule has 1 N–H and O–H groups in total. The molecule has 0 saturated heterocycles. The van der Waals surface area contributed by atoms with Gasteiger partial charge in [0.25, 0.3) is 0 Å². The SMILES string of the molecule is OCCCCC#CC#CC#Cc1ccccc1. The highest BCUT2D eigenvalue weighted by molar-refractivity contribution is 5.42. The third-order valence-electron chi connectivity index (χ3n) is 1.97. The second-order valence-electron chi connectivity index (χ2n) is 3.35. The largest absolute Gasteiger partial charge is 0.396 e. The van der Waals surface area contributed by atoms with E-state index in [1.807, 2.05) is 30.3 Å². The first-order valence-corrected chi connectivity index (χ1v) is 5.58. The summed E-state index contributed by atoms with van der Waals surface area (Å²) < 4.78 is 0. The Kier molecular flexibility index (Phi) is 6.93. The van der Waals surface area contributed by atoms with Crippen LogP contribution in [0.4, 0.5) is 0 Å². The highest BCUT2D eigenvalue weighted by Gasteiger charge is 1.80. The minimum atomic E-state index is 0.232. The number of aliphatic hydroxyl groups is 1. The fourth-order valence-electron chi connectivity index (χ4n) is 1.12. The van der Waals surface area contributed by atoms with Gasteiger partial charge in [-0.25, -0.2) is 0 Å². The molecule has 1 aromatic rings. The van der Waals surface area contributed by atoms with E-state index in [1.54, 1.807) is 0 Å². The molecule has 0 unspecified atom stereocenters. The average Bonchev–Trinajstić information content (AvgIpc) is 2.38. The van der Waals surface area contributed by atoms with Crippen molar-refractivity contribution >= 4 is 0 Å². The summed E-state index contributed by atoms with van der Waals surface area (Å²) in [6.07, 6.45) is 2.50. The number of benzene rings is 1. The molecule has 0 atom stereocenters. The lowest BCUT2D eigenvalue weighted by Gasteiger charge is -1.86. The van der Waals surface area contributed by atoms with Gasteiger partial charge in [-0.15, -0.1) is 0 Å². The third-order valence-corrected chi connectivity index (χ3v) is 1.97. The van der Waals surface area contributed by atoms with E-state index in [1.165, 1.54) is 0 Å². The topological polar surface area (TPSA) is 20.2 Å². The molecule has 0 aliphatic carbocycles. The van der Waals surface area contributed by atoms with Crippen LogP contribution in [-0.2, 0) is 0 Å². The van der Waals surface area contributed by atoms with Gasteiger partial charge in [-0.3, -0.25) is 0 Å². The molecular formula is C16H14O. The van der Waals surface area contributed by atoms with Gasteiger partial charge in [-0.1, -0.05) is 30.0 Å². The van der Waals surface area contributed by atoms with Crippen LogP contribution in [0.1, 0.15) is 24.8 Å². The van der Waals surface area contributed by atoms with Crippen LogP contribution < -0.4 is 0 Å². The molecule has 0 bridgehead atoms. The minimum Gasteiger partial charge on any atom is -0.396 e. The second-order valence-corrected chi connectivity index (χ2v) is 3.35. The lowest BCUT2D eigenvalue weighted by Crippen LogP contribution is -1.80. The Morgan fingerprint density at radius 3 is 2.41 bits per heavy atom. The molecule has 0 fully saturated rings. The second kappa shape index (κ2) is 9.11. The zero-order valence-electron chi connectivity index (χ0n) is 9.66. The van der Waals surface area contributed by atoms with Gasteiger partial charge in [0, 0.05) is 18.6 Å². The van der Waals surface area contributed by atoms with Crippen LogP contribution in [0.25, 0.3) is 0 Å². The fraction of sp³-hybridized carbons (Fsp3) is 0.250. The molecule has 0 radical (unpaired) electrons. The fourth-order valence-corrected chi connectivity index (χ4v) is 1.12. The molecule has 0 aromatic heterocycles. The lowest BCUT2D eigenvalue weighted by molar-refractivity contribution is 0.285. The van der Waals surface area contributed by atoms with E-state index in [4.69, 9.17) is 5.11 Å². The lowest BCUT2D eigenvalue weighted by atomic mass is 10.2. The number of rotatable bonds is 3. The van der Waals surface area contributed by atoms with Gasteiger partial charge in [-0.2, -0.15) is 0 Å². The predicted octanol–water partition coefficient (Wildman–Crippen LogP) is 2.21. The van der Waals surface area contributed by atoms with Crippen molar-refractivity contribution in [1.29, 1.82) is 0 Å². The van der Waals surface area contributed by atoms with Gasteiger partial charge in [0.15, 0.2) is 0 Å². The molecule has 0 aliphatic rings. The van der Waals surface area contributed by atoms with Gasteiger partial charge in [-0.05, 0) is 48.7 Å². The Labute approximate surface area is 103 Å². The molecular weight excluding hydrogens is 208 g/mol. The van der Waals surface area contributed by atoms with Crippen LogP contribution in [0.15, 0.2) is 30.3 Å². The van der Waals surface area contributed by atoms with Crippen molar-refractivity contribution < 1.29 is 5.11 Å².